The van der Waals surface area contributed by atoms with E-state index in [1.54, 1.807) is 0 Å². The molecule has 102 valence electrons. The molecule has 0 aromatic heterocycles. The minimum absolute atomic E-state index is 0.190. The van der Waals surface area contributed by atoms with Gasteiger partial charge < -0.3 is 9.47 Å². The van der Waals surface area contributed by atoms with E-state index in [1.807, 2.05) is 0 Å². The number of benzene rings is 1. The minimum Gasteiger partial charge on any atom is -0.494 e. The van der Waals surface area contributed by atoms with Crippen LogP contribution >= 0.6 is 27.5 Å². The van der Waals surface area contributed by atoms with Gasteiger partial charge in [0.15, 0.2) is 0 Å². The largest absolute Gasteiger partial charge is 0.573 e. The molecule has 0 unspecified atom stereocenters. The van der Waals surface area contributed by atoms with E-state index in [0.29, 0.717) is 18.2 Å². The van der Waals surface area contributed by atoms with Crippen LogP contribution in [0.1, 0.15) is 12.8 Å². The lowest BCUT2D eigenvalue weighted by atomic mass is 10.3. The van der Waals surface area contributed by atoms with Gasteiger partial charge in [-0.3, -0.25) is 0 Å². The molecule has 0 aliphatic rings. The lowest BCUT2D eigenvalue weighted by molar-refractivity contribution is -0.274. The van der Waals surface area contributed by atoms with E-state index in [1.165, 1.54) is 18.2 Å². The molecule has 2 nitrogen and oxygen atoms in total. The van der Waals surface area contributed by atoms with Crippen molar-refractivity contribution in [1.29, 1.82) is 0 Å². The maximum Gasteiger partial charge on any atom is 0.573 e. The van der Waals surface area contributed by atoms with Crippen molar-refractivity contribution in [3.63, 3.8) is 0 Å². The molecule has 18 heavy (non-hydrogen) atoms. The Kier molecular flexibility index (Phi) is 6.08. The molecule has 0 radical (unpaired) electrons. The predicted octanol–water partition coefficient (Wildman–Crippen LogP) is 4.75. The number of hydrogen-bond acceptors (Lipinski definition) is 2. The summed E-state index contributed by atoms with van der Waals surface area (Å²) in [5.41, 5.74) is 0. The second kappa shape index (κ2) is 7.09. The van der Waals surface area contributed by atoms with Crippen LogP contribution in [0.4, 0.5) is 13.2 Å². The first-order chi connectivity index (χ1) is 8.42. The molecule has 0 heterocycles. The van der Waals surface area contributed by atoms with Gasteiger partial charge in [0.1, 0.15) is 11.5 Å². The van der Waals surface area contributed by atoms with E-state index >= 15 is 0 Å². The molecule has 0 saturated carbocycles. The number of hydrogen-bond donors (Lipinski definition) is 0. The van der Waals surface area contributed by atoms with Crippen LogP contribution in [-0.4, -0.2) is 18.8 Å². The molecule has 7 heteroatoms. The van der Waals surface area contributed by atoms with Crippen molar-refractivity contribution < 1.29 is 22.6 Å². The molecule has 0 atom stereocenters. The van der Waals surface area contributed by atoms with Gasteiger partial charge in [0.25, 0.3) is 0 Å². The van der Waals surface area contributed by atoms with E-state index < -0.39 is 6.36 Å². The number of ether oxygens (including phenoxy) is 2. The Morgan fingerprint density at radius 1 is 1.22 bits per heavy atom. The SMILES string of the molecule is FC(F)(F)Oc1ccc(OCCCCCl)cc1Br. The van der Waals surface area contributed by atoms with Crippen molar-refractivity contribution in [3.05, 3.63) is 22.7 Å². The Hall–Kier alpha value is -0.620. The van der Waals surface area contributed by atoms with Crippen molar-refractivity contribution in [2.45, 2.75) is 19.2 Å². The topological polar surface area (TPSA) is 18.5 Å². The van der Waals surface area contributed by atoms with E-state index in [9.17, 15) is 13.2 Å². The minimum atomic E-state index is -4.70. The normalized spacial score (nSPS) is 11.4. The van der Waals surface area contributed by atoms with E-state index in [2.05, 4.69) is 20.7 Å². The highest BCUT2D eigenvalue weighted by Gasteiger charge is 2.31. The molecule has 0 fully saturated rings. The zero-order chi connectivity index (χ0) is 13.6. The molecule has 0 saturated heterocycles. The summed E-state index contributed by atoms with van der Waals surface area (Å²) in [7, 11) is 0. The monoisotopic (exact) mass is 346 g/mol. The van der Waals surface area contributed by atoms with Crippen molar-refractivity contribution >= 4 is 27.5 Å². The van der Waals surface area contributed by atoms with Crippen LogP contribution < -0.4 is 9.47 Å². The first-order valence-electron chi connectivity index (χ1n) is 5.16. The highest BCUT2D eigenvalue weighted by atomic mass is 79.9. The van der Waals surface area contributed by atoms with Gasteiger partial charge in [-0.05, 0) is 47.0 Å². The fourth-order valence-corrected chi connectivity index (χ4v) is 1.79. The molecule has 0 aliphatic heterocycles. The van der Waals surface area contributed by atoms with Gasteiger partial charge in [0.2, 0.25) is 0 Å². The second-order valence-electron chi connectivity index (χ2n) is 3.38. The highest BCUT2D eigenvalue weighted by Crippen LogP contribution is 2.33. The molecule has 0 aliphatic carbocycles. The summed E-state index contributed by atoms with van der Waals surface area (Å²) >= 11 is 8.50. The van der Waals surface area contributed by atoms with Crippen molar-refractivity contribution in [2.24, 2.45) is 0 Å². The Balaban J connectivity index is 2.56. The third-order valence-electron chi connectivity index (χ3n) is 1.93. The molecule has 0 spiro atoms. The summed E-state index contributed by atoms with van der Waals surface area (Å²) < 4.78 is 45.4. The lowest BCUT2D eigenvalue weighted by Crippen LogP contribution is -2.17. The smallest absolute Gasteiger partial charge is 0.494 e. The Bertz CT molecular complexity index is 385. The summed E-state index contributed by atoms with van der Waals surface area (Å²) in [6.45, 7) is 0.471. The zero-order valence-corrected chi connectivity index (χ0v) is 11.6. The molecule has 1 rings (SSSR count). The van der Waals surface area contributed by atoms with Crippen LogP contribution in [0.25, 0.3) is 0 Å². The van der Waals surface area contributed by atoms with E-state index in [0.717, 1.165) is 12.8 Å². The third kappa shape index (κ3) is 5.82. The zero-order valence-electron chi connectivity index (χ0n) is 9.27. The quantitative estimate of drug-likeness (QED) is 0.546. The number of rotatable bonds is 6. The maximum atomic E-state index is 12.0. The van der Waals surface area contributed by atoms with Gasteiger partial charge in [0.05, 0.1) is 11.1 Å². The maximum absolute atomic E-state index is 12.0. The Labute approximate surface area is 116 Å². The van der Waals surface area contributed by atoms with Crippen LogP contribution in [0.15, 0.2) is 22.7 Å². The van der Waals surface area contributed by atoms with Crippen LogP contribution in [0, 0.1) is 0 Å². The lowest BCUT2D eigenvalue weighted by Gasteiger charge is -2.12. The molecule has 1 aromatic rings. The number of halogens is 5. The van der Waals surface area contributed by atoms with Gasteiger partial charge >= 0.3 is 6.36 Å². The first-order valence-corrected chi connectivity index (χ1v) is 6.49. The molecule has 1 aromatic carbocycles. The van der Waals surface area contributed by atoms with Gasteiger partial charge in [0, 0.05) is 5.88 Å². The van der Waals surface area contributed by atoms with E-state index in [-0.39, 0.29) is 10.2 Å². The molecule has 0 bridgehead atoms. The van der Waals surface area contributed by atoms with Crippen molar-refractivity contribution in [2.75, 3.05) is 12.5 Å². The first kappa shape index (κ1) is 15.4. The molecule has 0 amide bonds. The fourth-order valence-electron chi connectivity index (χ4n) is 1.17. The fraction of sp³-hybridized carbons (Fsp3) is 0.455. The molecular weight excluding hydrogens is 336 g/mol. The van der Waals surface area contributed by atoms with Gasteiger partial charge in [-0.2, -0.15) is 0 Å². The summed E-state index contributed by atoms with van der Waals surface area (Å²) in [5.74, 6) is 0.743. The highest BCUT2D eigenvalue weighted by molar-refractivity contribution is 9.10. The van der Waals surface area contributed by atoms with Crippen molar-refractivity contribution in [3.8, 4) is 11.5 Å². The van der Waals surface area contributed by atoms with Crippen molar-refractivity contribution in [1.82, 2.24) is 0 Å². The third-order valence-corrected chi connectivity index (χ3v) is 2.81. The van der Waals surface area contributed by atoms with Gasteiger partial charge in [-0.1, -0.05) is 0 Å². The van der Waals surface area contributed by atoms with Gasteiger partial charge in [-0.15, -0.1) is 24.8 Å². The molecular formula is C11H11BrClF3O2. The van der Waals surface area contributed by atoms with E-state index in [4.69, 9.17) is 16.3 Å². The number of unbranched alkanes of at least 4 members (excludes halogenated alkanes) is 1. The standard InChI is InChI=1S/C11H11BrClF3O2/c12-9-7-8(17-6-2-1-5-13)3-4-10(9)18-11(14,15)16/h3-4,7H,1-2,5-6H2. The van der Waals surface area contributed by atoms with Gasteiger partial charge in [-0.25, -0.2) is 0 Å². The summed E-state index contributed by atoms with van der Waals surface area (Å²) in [4.78, 5) is 0. The molecule has 0 N–H and O–H groups in total. The van der Waals surface area contributed by atoms with Crippen LogP contribution in [0.2, 0.25) is 0 Å². The summed E-state index contributed by atoms with van der Waals surface area (Å²) in [6, 6.07) is 4.06. The summed E-state index contributed by atoms with van der Waals surface area (Å²) in [5, 5.41) is 0. The average molecular weight is 348 g/mol. The second-order valence-corrected chi connectivity index (χ2v) is 4.62. The van der Waals surface area contributed by atoms with Crippen LogP contribution in [0.3, 0.4) is 0 Å². The van der Waals surface area contributed by atoms with Crippen LogP contribution in [-0.2, 0) is 0 Å². The Morgan fingerprint density at radius 3 is 2.50 bits per heavy atom. The summed E-state index contributed by atoms with van der Waals surface area (Å²) in [6.07, 6.45) is -3.08. The van der Waals surface area contributed by atoms with Crippen LogP contribution in [0.5, 0.6) is 11.5 Å². The Morgan fingerprint density at radius 2 is 1.94 bits per heavy atom. The predicted molar refractivity (Wildman–Crippen MR) is 66.3 cm³/mol. The number of alkyl halides is 4. The average Bonchev–Trinajstić information content (AvgIpc) is 2.26.